The molecule has 0 unspecified atom stereocenters. The average Bonchev–Trinajstić information content (AvgIpc) is 2.83. The number of anilines is 1. The SMILES string of the molecule is O=C(CCl)Nc1ccc(-c2nn[nH]n2)cc1. The number of carbonyl (C=O) groups is 1. The second-order valence-corrected chi connectivity index (χ2v) is 3.26. The van der Waals surface area contributed by atoms with Crippen LogP contribution in [0.3, 0.4) is 0 Å². The fraction of sp³-hybridized carbons (Fsp3) is 0.111. The lowest BCUT2D eigenvalue weighted by molar-refractivity contribution is -0.113. The summed E-state index contributed by atoms with van der Waals surface area (Å²) in [5, 5.41) is 16.1. The van der Waals surface area contributed by atoms with Crippen molar-refractivity contribution in [3.63, 3.8) is 0 Å². The summed E-state index contributed by atoms with van der Waals surface area (Å²) in [7, 11) is 0. The number of rotatable bonds is 3. The molecule has 0 spiro atoms. The third kappa shape index (κ3) is 2.34. The first kappa shape index (κ1) is 10.6. The lowest BCUT2D eigenvalue weighted by Crippen LogP contribution is -2.12. The number of halogens is 1. The Bertz CT molecular complexity index is 467. The zero-order chi connectivity index (χ0) is 11.4. The second-order valence-electron chi connectivity index (χ2n) is 2.99. The Morgan fingerprint density at radius 2 is 2.12 bits per heavy atom. The van der Waals surface area contributed by atoms with Crippen LogP contribution in [-0.4, -0.2) is 32.4 Å². The van der Waals surface area contributed by atoms with Gasteiger partial charge in [0.05, 0.1) is 0 Å². The number of tetrazole rings is 1. The van der Waals surface area contributed by atoms with Gasteiger partial charge >= 0.3 is 0 Å². The number of aromatic nitrogens is 4. The summed E-state index contributed by atoms with van der Waals surface area (Å²) < 4.78 is 0. The monoisotopic (exact) mass is 237 g/mol. The molecule has 82 valence electrons. The number of alkyl halides is 1. The standard InChI is InChI=1S/C9H8ClN5O/c10-5-8(16)11-7-3-1-6(2-4-7)9-12-14-15-13-9/h1-4H,5H2,(H,11,16)(H,12,13,14,15). The molecule has 0 aliphatic carbocycles. The van der Waals surface area contributed by atoms with Gasteiger partial charge in [-0.3, -0.25) is 4.79 Å². The number of hydrogen-bond acceptors (Lipinski definition) is 4. The maximum atomic E-state index is 11.0. The van der Waals surface area contributed by atoms with Crippen molar-refractivity contribution in [3.8, 4) is 11.4 Å². The first-order valence-electron chi connectivity index (χ1n) is 4.49. The molecule has 1 aromatic carbocycles. The van der Waals surface area contributed by atoms with Gasteiger partial charge < -0.3 is 5.32 Å². The topological polar surface area (TPSA) is 83.6 Å². The molecule has 0 bridgehead atoms. The first-order valence-corrected chi connectivity index (χ1v) is 5.03. The number of nitrogens with zero attached hydrogens (tertiary/aromatic N) is 3. The Kier molecular flexibility index (Phi) is 3.11. The second kappa shape index (κ2) is 4.71. The largest absolute Gasteiger partial charge is 0.325 e. The molecule has 2 aromatic rings. The van der Waals surface area contributed by atoms with Crippen molar-refractivity contribution in [1.82, 2.24) is 20.6 Å². The molecule has 2 rings (SSSR count). The fourth-order valence-corrected chi connectivity index (χ4v) is 1.25. The molecule has 0 atom stereocenters. The summed E-state index contributed by atoms with van der Waals surface area (Å²) in [6.45, 7) is 0. The summed E-state index contributed by atoms with van der Waals surface area (Å²) in [5.74, 6) is 0.205. The van der Waals surface area contributed by atoms with E-state index in [1.807, 2.05) is 0 Å². The third-order valence-electron chi connectivity index (χ3n) is 1.89. The zero-order valence-corrected chi connectivity index (χ0v) is 8.90. The lowest BCUT2D eigenvalue weighted by Gasteiger charge is -2.02. The van der Waals surface area contributed by atoms with Crippen LogP contribution in [0.5, 0.6) is 0 Å². The Balaban J connectivity index is 2.14. The molecule has 2 N–H and O–H groups in total. The Hall–Kier alpha value is -1.95. The van der Waals surface area contributed by atoms with Gasteiger partial charge in [0, 0.05) is 11.3 Å². The summed E-state index contributed by atoms with van der Waals surface area (Å²) in [6.07, 6.45) is 0. The van der Waals surface area contributed by atoms with Gasteiger partial charge in [-0.2, -0.15) is 5.21 Å². The Morgan fingerprint density at radius 1 is 1.38 bits per heavy atom. The van der Waals surface area contributed by atoms with E-state index in [9.17, 15) is 4.79 Å². The molecular formula is C9H8ClN5O. The normalized spacial score (nSPS) is 10.1. The highest BCUT2D eigenvalue weighted by Gasteiger charge is 2.03. The zero-order valence-electron chi connectivity index (χ0n) is 8.14. The van der Waals surface area contributed by atoms with E-state index in [2.05, 4.69) is 25.9 Å². The number of carbonyl (C=O) groups excluding carboxylic acids is 1. The van der Waals surface area contributed by atoms with Crippen molar-refractivity contribution in [2.24, 2.45) is 0 Å². The van der Waals surface area contributed by atoms with Crippen molar-refractivity contribution in [3.05, 3.63) is 24.3 Å². The smallest absolute Gasteiger partial charge is 0.239 e. The molecule has 0 fully saturated rings. The molecule has 0 saturated carbocycles. The van der Waals surface area contributed by atoms with Gasteiger partial charge in [-0.05, 0) is 29.5 Å². The predicted octanol–water partition coefficient (Wildman–Crippen LogP) is 1.04. The minimum Gasteiger partial charge on any atom is -0.325 e. The third-order valence-corrected chi connectivity index (χ3v) is 2.14. The molecule has 0 aliphatic heterocycles. The van der Waals surface area contributed by atoms with Crippen LogP contribution in [-0.2, 0) is 4.79 Å². The van der Waals surface area contributed by atoms with Gasteiger partial charge in [-0.15, -0.1) is 21.8 Å². The van der Waals surface area contributed by atoms with Crippen LogP contribution in [0.15, 0.2) is 24.3 Å². The molecule has 16 heavy (non-hydrogen) atoms. The highest BCUT2D eigenvalue weighted by Crippen LogP contribution is 2.16. The van der Waals surface area contributed by atoms with Crippen LogP contribution in [0.2, 0.25) is 0 Å². The molecule has 1 amide bonds. The minimum atomic E-state index is -0.242. The lowest BCUT2D eigenvalue weighted by atomic mass is 10.2. The van der Waals surface area contributed by atoms with Crippen LogP contribution in [0, 0.1) is 0 Å². The summed E-state index contributed by atoms with van der Waals surface area (Å²) in [6, 6.07) is 7.07. The number of benzene rings is 1. The summed E-state index contributed by atoms with van der Waals surface area (Å²) in [5.41, 5.74) is 1.50. The minimum absolute atomic E-state index is 0.0629. The highest BCUT2D eigenvalue weighted by molar-refractivity contribution is 6.29. The van der Waals surface area contributed by atoms with E-state index < -0.39 is 0 Å². The predicted molar refractivity (Wildman–Crippen MR) is 59.0 cm³/mol. The van der Waals surface area contributed by atoms with Crippen LogP contribution in [0.1, 0.15) is 0 Å². The van der Waals surface area contributed by atoms with Crippen LogP contribution >= 0.6 is 11.6 Å². The molecule has 6 nitrogen and oxygen atoms in total. The number of nitrogens with one attached hydrogen (secondary N) is 2. The average molecular weight is 238 g/mol. The maximum absolute atomic E-state index is 11.0. The van der Waals surface area contributed by atoms with Gasteiger partial charge in [-0.1, -0.05) is 0 Å². The molecule has 0 radical (unpaired) electrons. The summed E-state index contributed by atoms with van der Waals surface area (Å²) >= 11 is 5.37. The van der Waals surface area contributed by atoms with Crippen molar-refractivity contribution in [2.45, 2.75) is 0 Å². The van der Waals surface area contributed by atoms with E-state index in [1.54, 1.807) is 24.3 Å². The van der Waals surface area contributed by atoms with E-state index in [4.69, 9.17) is 11.6 Å². The van der Waals surface area contributed by atoms with Gasteiger partial charge in [-0.25, -0.2) is 0 Å². The van der Waals surface area contributed by atoms with Gasteiger partial charge in [0.2, 0.25) is 11.7 Å². The van der Waals surface area contributed by atoms with Crippen molar-refractivity contribution in [2.75, 3.05) is 11.2 Å². The van der Waals surface area contributed by atoms with Gasteiger partial charge in [0.1, 0.15) is 5.88 Å². The van der Waals surface area contributed by atoms with Crippen LogP contribution < -0.4 is 5.32 Å². The van der Waals surface area contributed by atoms with E-state index in [0.29, 0.717) is 11.5 Å². The quantitative estimate of drug-likeness (QED) is 0.782. The number of aromatic amines is 1. The molecule has 1 heterocycles. The van der Waals surface area contributed by atoms with Crippen molar-refractivity contribution in [1.29, 1.82) is 0 Å². The Labute approximate surface area is 96.0 Å². The molecule has 0 saturated heterocycles. The number of hydrogen-bond donors (Lipinski definition) is 2. The van der Waals surface area contributed by atoms with Crippen molar-refractivity contribution >= 4 is 23.2 Å². The maximum Gasteiger partial charge on any atom is 0.239 e. The first-order chi connectivity index (χ1) is 7.79. The Morgan fingerprint density at radius 3 is 2.69 bits per heavy atom. The van der Waals surface area contributed by atoms with E-state index in [0.717, 1.165) is 5.56 Å². The molecular weight excluding hydrogens is 230 g/mol. The van der Waals surface area contributed by atoms with Crippen LogP contribution in [0.25, 0.3) is 11.4 Å². The molecule has 1 aromatic heterocycles. The number of H-pyrrole nitrogens is 1. The fourth-order valence-electron chi connectivity index (χ4n) is 1.18. The van der Waals surface area contributed by atoms with Crippen LogP contribution in [0.4, 0.5) is 5.69 Å². The van der Waals surface area contributed by atoms with Crippen molar-refractivity contribution < 1.29 is 4.79 Å². The molecule has 0 aliphatic rings. The van der Waals surface area contributed by atoms with Gasteiger partial charge in [0.25, 0.3) is 0 Å². The highest BCUT2D eigenvalue weighted by atomic mass is 35.5. The van der Waals surface area contributed by atoms with E-state index >= 15 is 0 Å². The summed E-state index contributed by atoms with van der Waals surface area (Å²) in [4.78, 5) is 11.0. The number of amides is 1. The van der Waals surface area contributed by atoms with Gasteiger partial charge in [0.15, 0.2) is 0 Å². The van der Waals surface area contributed by atoms with E-state index in [1.165, 1.54) is 0 Å². The molecule has 7 heteroatoms. The van der Waals surface area contributed by atoms with E-state index in [-0.39, 0.29) is 11.8 Å².